The lowest BCUT2D eigenvalue weighted by Crippen LogP contribution is -2.62. The van der Waals surface area contributed by atoms with E-state index in [1.54, 1.807) is 58.3 Å². The van der Waals surface area contributed by atoms with Gasteiger partial charge in [0.15, 0.2) is 0 Å². The highest BCUT2D eigenvalue weighted by Crippen LogP contribution is 2.26. The van der Waals surface area contributed by atoms with Gasteiger partial charge in [-0.15, -0.1) is 0 Å². The summed E-state index contributed by atoms with van der Waals surface area (Å²) in [5.74, 6) is -12.8. The lowest BCUT2D eigenvalue weighted by Gasteiger charge is -2.32. The Hall–Kier alpha value is -11.4. The number of hydrogen-bond acceptors (Lipinski definition) is 19. The molecule has 608 valence electrons. The molecule has 4 aromatic carbocycles. The molecule has 0 saturated carbocycles. The number of primary amides is 1. The summed E-state index contributed by atoms with van der Waals surface area (Å²) in [5.41, 5.74) is 15.5. The van der Waals surface area contributed by atoms with E-state index in [0.29, 0.717) is 35.2 Å². The summed E-state index contributed by atoms with van der Waals surface area (Å²) >= 11 is 1.29. The van der Waals surface area contributed by atoms with Gasteiger partial charge in [0.05, 0.1) is 24.9 Å². The number of carboxylic acids is 1. The number of likely N-dealkylation sites (tertiary alicyclic amines) is 2. The number of benzene rings is 4. The summed E-state index contributed by atoms with van der Waals surface area (Å²) in [6.07, 6.45) is 4.36. The number of aliphatic carboxylic acids is 1. The highest BCUT2D eigenvalue weighted by molar-refractivity contribution is 7.98. The van der Waals surface area contributed by atoms with Crippen molar-refractivity contribution in [2.45, 2.75) is 197 Å². The number of phenolic OH excluding ortho intramolecular Hbond substituents is 2. The predicted molar refractivity (Wildman–Crippen MR) is 418 cm³/mol. The molecule has 34 heteroatoms. The second-order valence-electron chi connectivity index (χ2n) is 29.2. The summed E-state index contributed by atoms with van der Waals surface area (Å²) in [6.45, 7) is 8.31. The van der Waals surface area contributed by atoms with Crippen LogP contribution in [0.5, 0.6) is 11.5 Å². The van der Waals surface area contributed by atoms with Crippen LogP contribution in [0.2, 0.25) is 0 Å². The van der Waals surface area contributed by atoms with Gasteiger partial charge in [0, 0.05) is 67.8 Å². The van der Waals surface area contributed by atoms with Crippen molar-refractivity contribution < 1.29 is 82.8 Å². The molecule has 113 heavy (non-hydrogen) atoms. The third-order valence-corrected chi connectivity index (χ3v) is 20.7. The Kier molecular flexibility index (Phi) is 32.2. The SMILES string of the molecule is CC[C@H](C)[C@H](NC(=O)[C@H](Cc1ccc(O)cc1)NC(=O)[C@H](CCSC)NC(=O)[C@H](CC(N)=O)NC(=O)[C@H](Cc1ccc(O)cc1)NC(=O)[C@H](CC(C)C)NC(=O)[C@@H](NC(=O)[C@@H]1CCCN1C(=O)[C@H](Cc1c[nH]c2ccccc12)NC(=O)[C@H](Cc1cnc[nH]1)NC(=O)[C@@H](N)Cc1ccccc1)[C@@H](C)O)C(=O)N1CCC[C@H]1C(=O)O. The first-order valence-electron chi connectivity index (χ1n) is 37.8. The van der Waals surface area contributed by atoms with Crippen molar-refractivity contribution in [3.05, 3.63) is 150 Å². The number of phenols is 2. The van der Waals surface area contributed by atoms with Crippen LogP contribution < -0.4 is 59.3 Å². The van der Waals surface area contributed by atoms with Crippen LogP contribution in [0.3, 0.4) is 0 Å². The lowest BCUT2D eigenvalue weighted by molar-refractivity contribution is -0.150. The minimum Gasteiger partial charge on any atom is -0.508 e. The number of carbonyl (C=O) groups is 13. The number of H-pyrrole nitrogens is 2. The van der Waals surface area contributed by atoms with Gasteiger partial charge in [0.1, 0.15) is 78.0 Å². The molecule has 0 spiro atoms. The van der Waals surface area contributed by atoms with Crippen molar-refractivity contribution in [1.29, 1.82) is 0 Å². The van der Waals surface area contributed by atoms with Crippen molar-refractivity contribution in [3.8, 4) is 11.5 Å². The zero-order valence-corrected chi connectivity index (χ0v) is 64.8. The largest absolute Gasteiger partial charge is 0.508 e. The molecule has 2 aliphatic rings. The van der Waals surface area contributed by atoms with E-state index < -0.39 is 168 Å². The van der Waals surface area contributed by atoms with Gasteiger partial charge in [-0.1, -0.05) is 107 Å². The van der Waals surface area contributed by atoms with Crippen LogP contribution in [0.1, 0.15) is 114 Å². The fourth-order valence-electron chi connectivity index (χ4n) is 13.7. The van der Waals surface area contributed by atoms with Crippen LogP contribution in [0, 0.1) is 11.8 Å². The summed E-state index contributed by atoms with van der Waals surface area (Å²) in [5, 5.41) is 66.3. The second-order valence-corrected chi connectivity index (χ2v) is 30.2. The maximum atomic E-state index is 15.2. The molecule has 14 atom stereocenters. The molecular formula is C79H104N16O17S. The monoisotopic (exact) mass is 1580 g/mol. The second kappa shape index (κ2) is 41.8. The fourth-order valence-corrected chi connectivity index (χ4v) is 14.2. The molecular weight excluding hydrogens is 1480 g/mol. The number of imidazole rings is 1. The van der Waals surface area contributed by atoms with Crippen LogP contribution in [0.4, 0.5) is 0 Å². The van der Waals surface area contributed by atoms with E-state index in [0.717, 1.165) is 16.5 Å². The van der Waals surface area contributed by atoms with Gasteiger partial charge < -0.3 is 99.5 Å². The molecule has 2 aliphatic heterocycles. The first kappa shape index (κ1) is 87.2. The van der Waals surface area contributed by atoms with Gasteiger partial charge in [-0.2, -0.15) is 11.8 Å². The van der Waals surface area contributed by atoms with E-state index in [-0.39, 0.29) is 100 Å². The van der Waals surface area contributed by atoms with Gasteiger partial charge in [-0.25, -0.2) is 9.78 Å². The number of carbonyl (C=O) groups excluding carboxylic acids is 12. The topological polar surface area (TPSA) is 514 Å². The van der Waals surface area contributed by atoms with Crippen molar-refractivity contribution in [1.82, 2.24) is 72.6 Å². The molecule has 8 rings (SSSR count). The van der Waals surface area contributed by atoms with E-state index in [1.165, 1.54) is 89.5 Å². The van der Waals surface area contributed by atoms with Gasteiger partial charge >= 0.3 is 5.97 Å². The molecule has 0 radical (unpaired) electrons. The molecule has 12 amide bonds. The highest BCUT2D eigenvalue weighted by Gasteiger charge is 2.44. The minimum absolute atomic E-state index is 0.0160. The summed E-state index contributed by atoms with van der Waals surface area (Å²) in [4.78, 5) is 198. The van der Waals surface area contributed by atoms with Gasteiger partial charge in [0.2, 0.25) is 70.9 Å². The quantitative estimate of drug-likeness (QED) is 0.0251. The fraction of sp³-hybridized carbons (Fsp3) is 0.468. The van der Waals surface area contributed by atoms with Crippen LogP contribution in [0.25, 0.3) is 10.9 Å². The number of rotatable bonds is 41. The maximum absolute atomic E-state index is 15.2. The number of hydrogen-bond donors (Lipinski definition) is 17. The van der Waals surface area contributed by atoms with Gasteiger partial charge in [0.25, 0.3) is 0 Å². The maximum Gasteiger partial charge on any atom is 0.326 e. The van der Waals surface area contributed by atoms with E-state index in [9.17, 15) is 78.0 Å². The Bertz CT molecular complexity index is 4280. The van der Waals surface area contributed by atoms with Gasteiger partial charge in [-0.05, 0) is 128 Å². The van der Waals surface area contributed by atoms with Crippen LogP contribution in [0.15, 0.2) is 122 Å². The van der Waals surface area contributed by atoms with Gasteiger partial charge in [-0.3, -0.25) is 57.5 Å². The molecule has 0 bridgehead atoms. The number of nitrogens with one attached hydrogen (secondary N) is 11. The Morgan fingerprint density at radius 1 is 0.549 bits per heavy atom. The van der Waals surface area contributed by atoms with Crippen molar-refractivity contribution in [2.75, 3.05) is 25.1 Å². The zero-order valence-electron chi connectivity index (χ0n) is 64.0. The Morgan fingerprint density at radius 2 is 1.05 bits per heavy atom. The standard InChI is InChI=1S/C79H104N16O17S/c1-7-44(4)66(78(110)95-31-14-20-64(95)79(111)112)92-74(106)59(36-48-23-27-52(98)28-24-48)87-69(101)56(29-32-113-6)85-73(105)61(39-65(81)99)89-71(103)58(35-47-21-25-51(97)26-22-47)88-70(102)57(33-43(2)3)90-76(108)67(45(5)96)93-75(107)63-19-13-30-94(63)77(109)62(37-49-40-83-55-18-12-11-17-53(49)55)91-72(104)60(38-50-41-82-42-84-50)86-68(100)54(80)34-46-15-9-8-10-16-46/h8-12,15-18,21-28,40-45,54,56-64,66-67,83,96-98H,7,13-14,19-20,29-39,80H2,1-6H3,(H2,81,99)(H,82,84)(H,85,105)(H,86,100)(H,87,101)(H,88,102)(H,89,103)(H,90,108)(H,91,104)(H,92,106)(H,93,107)(H,111,112)/t44-,45+,54-,56-,57-,58-,59-,60-,61-,62-,63-,64-,66-,67-/m0/s1. The van der Waals surface area contributed by atoms with Crippen molar-refractivity contribution in [2.24, 2.45) is 23.3 Å². The zero-order chi connectivity index (χ0) is 82.2. The lowest BCUT2D eigenvalue weighted by atomic mass is 9.96. The number of aliphatic hydroxyl groups excluding tert-OH is 1. The molecule has 2 fully saturated rings. The summed E-state index contributed by atoms with van der Waals surface area (Å²) in [7, 11) is 0. The Balaban J connectivity index is 0.990. The minimum atomic E-state index is -1.85. The molecule has 2 aromatic heterocycles. The molecule has 2 saturated heterocycles. The smallest absolute Gasteiger partial charge is 0.326 e. The number of nitrogens with zero attached hydrogens (tertiary/aromatic N) is 3. The molecule has 33 nitrogen and oxygen atoms in total. The number of nitrogens with two attached hydrogens (primary N) is 2. The average molecular weight is 1580 g/mol. The molecule has 19 N–H and O–H groups in total. The third kappa shape index (κ3) is 25.1. The van der Waals surface area contributed by atoms with Crippen molar-refractivity contribution >= 4 is 99.5 Å². The predicted octanol–water partition coefficient (Wildman–Crippen LogP) is 0.674. The number of aromatic amines is 2. The summed E-state index contributed by atoms with van der Waals surface area (Å²) < 4.78 is 0. The van der Waals surface area contributed by atoms with E-state index in [1.807, 2.05) is 36.4 Å². The molecule has 0 aliphatic carbocycles. The van der Waals surface area contributed by atoms with E-state index in [4.69, 9.17) is 11.5 Å². The molecule has 6 aromatic rings. The number of carboxylic acid groups (broad SMARTS) is 1. The van der Waals surface area contributed by atoms with Crippen LogP contribution in [-0.2, 0) is 94.4 Å². The first-order chi connectivity index (χ1) is 53.9. The van der Waals surface area contributed by atoms with Crippen molar-refractivity contribution in [3.63, 3.8) is 0 Å². The highest BCUT2D eigenvalue weighted by atomic mass is 32.2. The number of amides is 12. The molecule has 4 heterocycles. The Labute approximate surface area is 658 Å². The summed E-state index contributed by atoms with van der Waals surface area (Å²) in [6, 6.07) is 10.5. The molecule has 0 unspecified atom stereocenters. The number of fused-ring (bicyclic) bond motifs is 1. The first-order valence-corrected chi connectivity index (χ1v) is 39.2. The average Bonchev–Trinajstić information content (AvgIpc) is 1.49. The Morgan fingerprint density at radius 3 is 1.62 bits per heavy atom. The van der Waals surface area contributed by atoms with E-state index in [2.05, 4.69) is 62.8 Å². The number of aromatic hydroxyl groups is 2. The van der Waals surface area contributed by atoms with E-state index >= 15 is 4.79 Å². The number of aliphatic hydroxyl groups is 1. The van der Waals surface area contributed by atoms with Crippen LogP contribution >= 0.6 is 11.8 Å². The van der Waals surface area contributed by atoms with Crippen LogP contribution in [-0.4, -0.2) is 226 Å². The number of aromatic nitrogens is 3. The normalized spacial score (nSPS) is 17.2. The number of thioether (sulfide) groups is 1. The third-order valence-electron chi connectivity index (χ3n) is 20.1. The number of para-hydroxylation sites is 1.